The van der Waals surface area contributed by atoms with Crippen molar-refractivity contribution in [3.05, 3.63) is 89.4 Å². The van der Waals surface area contributed by atoms with Crippen LogP contribution in [0.15, 0.2) is 83.3 Å². The summed E-state index contributed by atoms with van der Waals surface area (Å²) < 4.78 is 8.55. The molecule has 2 aromatic heterocycles. The average molecular weight is 426 g/mol. The van der Waals surface area contributed by atoms with Gasteiger partial charge in [-0.25, -0.2) is 0 Å². The van der Waals surface area contributed by atoms with Crippen LogP contribution < -0.4 is 0 Å². The number of benzene rings is 4. The van der Waals surface area contributed by atoms with Gasteiger partial charge in [-0.1, -0.05) is 48.0 Å². The lowest BCUT2D eigenvalue weighted by Gasteiger charge is -2.23. The highest BCUT2D eigenvalue weighted by molar-refractivity contribution is 6.30. The Morgan fingerprint density at radius 2 is 1.55 bits per heavy atom. The molecule has 0 fully saturated rings. The molecular formula is C27H20ClNO2. The number of hydrogen-bond acceptors (Lipinski definition) is 2. The average Bonchev–Trinajstić information content (AvgIpc) is 3.29. The van der Waals surface area contributed by atoms with E-state index < -0.39 is 5.60 Å². The first kappa shape index (κ1) is 18.5. The lowest BCUT2D eigenvalue weighted by atomic mass is 9.96. The minimum absolute atomic E-state index is 0.598. The third-order valence-corrected chi connectivity index (χ3v) is 6.27. The third kappa shape index (κ3) is 2.64. The first-order valence-corrected chi connectivity index (χ1v) is 10.7. The Balaban J connectivity index is 1.83. The number of nitrogens with zero attached hydrogens (tertiary/aromatic N) is 1. The van der Waals surface area contributed by atoms with E-state index in [9.17, 15) is 5.11 Å². The smallest absolute Gasteiger partial charge is 0.145 e. The Morgan fingerprint density at radius 1 is 0.806 bits per heavy atom. The Kier molecular flexibility index (Phi) is 3.80. The highest BCUT2D eigenvalue weighted by Crippen LogP contribution is 2.42. The summed E-state index contributed by atoms with van der Waals surface area (Å²) in [6.45, 7) is 3.57. The SMILES string of the molecule is CC(C)(O)c1cc(Cl)ccc1-n1c2ccccc2c2c3oc4ccccc4c3ccc21. The summed E-state index contributed by atoms with van der Waals surface area (Å²) in [6, 6.07) is 26.4. The summed E-state index contributed by atoms with van der Waals surface area (Å²) in [4.78, 5) is 0. The molecule has 0 radical (unpaired) electrons. The van der Waals surface area contributed by atoms with Crippen molar-refractivity contribution in [2.24, 2.45) is 0 Å². The van der Waals surface area contributed by atoms with E-state index in [0.717, 1.165) is 55.0 Å². The topological polar surface area (TPSA) is 38.3 Å². The maximum atomic E-state index is 10.9. The van der Waals surface area contributed by atoms with E-state index in [4.69, 9.17) is 16.0 Å². The van der Waals surface area contributed by atoms with E-state index in [-0.39, 0.29) is 0 Å². The lowest BCUT2D eigenvalue weighted by Crippen LogP contribution is -2.18. The number of hydrogen-bond donors (Lipinski definition) is 1. The summed E-state index contributed by atoms with van der Waals surface area (Å²) in [5, 5.41) is 15.9. The van der Waals surface area contributed by atoms with Crippen molar-refractivity contribution < 1.29 is 9.52 Å². The molecule has 152 valence electrons. The van der Waals surface area contributed by atoms with Crippen LogP contribution in [-0.4, -0.2) is 9.67 Å². The molecule has 0 amide bonds. The molecule has 0 bridgehead atoms. The Hall–Kier alpha value is -3.27. The lowest BCUT2D eigenvalue weighted by molar-refractivity contribution is 0.0786. The highest BCUT2D eigenvalue weighted by atomic mass is 35.5. The summed E-state index contributed by atoms with van der Waals surface area (Å²) in [5.41, 5.74) is 4.46. The molecule has 0 spiro atoms. The minimum Gasteiger partial charge on any atom is -0.455 e. The van der Waals surface area contributed by atoms with E-state index in [0.29, 0.717) is 5.02 Å². The van der Waals surface area contributed by atoms with Gasteiger partial charge in [0.2, 0.25) is 0 Å². The van der Waals surface area contributed by atoms with E-state index in [2.05, 4.69) is 34.9 Å². The van der Waals surface area contributed by atoms with Crippen LogP contribution in [0.3, 0.4) is 0 Å². The molecule has 0 aliphatic rings. The second-order valence-electron chi connectivity index (χ2n) is 8.51. The van der Waals surface area contributed by atoms with Crippen molar-refractivity contribution in [1.29, 1.82) is 0 Å². The second kappa shape index (κ2) is 6.36. The van der Waals surface area contributed by atoms with Crippen molar-refractivity contribution >= 4 is 55.3 Å². The van der Waals surface area contributed by atoms with Gasteiger partial charge in [0.05, 0.1) is 27.7 Å². The van der Waals surface area contributed by atoms with E-state index in [1.54, 1.807) is 13.8 Å². The van der Waals surface area contributed by atoms with Crippen LogP contribution >= 0.6 is 11.6 Å². The fraction of sp³-hybridized carbons (Fsp3) is 0.111. The van der Waals surface area contributed by atoms with Gasteiger partial charge in [-0.2, -0.15) is 0 Å². The van der Waals surface area contributed by atoms with Gasteiger partial charge in [-0.05, 0) is 56.3 Å². The highest BCUT2D eigenvalue weighted by Gasteiger charge is 2.25. The molecule has 0 aliphatic heterocycles. The number of furan rings is 1. The predicted octanol–water partition coefficient (Wildman–Crippen LogP) is 7.56. The van der Waals surface area contributed by atoms with Crippen molar-refractivity contribution in [3.63, 3.8) is 0 Å². The van der Waals surface area contributed by atoms with Gasteiger partial charge in [0.25, 0.3) is 0 Å². The molecular weight excluding hydrogens is 406 g/mol. The van der Waals surface area contributed by atoms with Crippen LogP contribution in [0.25, 0.3) is 49.4 Å². The molecule has 0 aliphatic carbocycles. The van der Waals surface area contributed by atoms with Gasteiger partial charge in [0.1, 0.15) is 11.2 Å². The molecule has 0 saturated carbocycles. The molecule has 0 unspecified atom stereocenters. The normalized spacial score (nSPS) is 12.5. The number of aromatic nitrogens is 1. The number of halogens is 1. The van der Waals surface area contributed by atoms with Crippen LogP contribution in [0.5, 0.6) is 0 Å². The second-order valence-corrected chi connectivity index (χ2v) is 8.94. The zero-order chi connectivity index (χ0) is 21.3. The summed E-state index contributed by atoms with van der Waals surface area (Å²) in [7, 11) is 0. The molecule has 6 aromatic rings. The van der Waals surface area contributed by atoms with Crippen LogP contribution in [-0.2, 0) is 5.60 Å². The fourth-order valence-electron chi connectivity index (χ4n) is 4.69. The first-order valence-electron chi connectivity index (χ1n) is 10.3. The van der Waals surface area contributed by atoms with Crippen LogP contribution in [0.1, 0.15) is 19.4 Å². The minimum atomic E-state index is -1.05. The maximum Gasteiger partial charge on any atom is 0.145 e. The molecule has 6 rings (SSSR count). The maximum absolute atomic E-state index is 10.9. The number of para-hydroxylation sites is 2. The molecule has 3 nitrogen and oxygen atoms in total. The van der Waals surface area contributed by atoms with E-state index >= 15 is 0 Å². The van der Waals surface area contributed by atoms with Crippen molar-refractivity contribution in [1.82, 2.24) is 4.57 Å². The zero-order valence-electron chi connectivity index (χ0n) is 17.2. The third-order valence-electron chi connectivity index (χ3n) is 6.04. The van der Waals surface area contributed by atoms with Gasteiger partial charge >= 0.3 is 0 Å². The standard InChI is InChI=1S/C27H20ClNO2/c1-27(2,30)20-15-16(28)11-13-22(20)29-21-9-5-3-8-19(21)25-23(29)14-12-18-17-7-4-6-10-24(17)31-26(18)25/h3-15,30H,1-2H3. The van der Waals surface area contributed by atoms with Crippen molar-refractivity contribution in [2.75, 3.05) is 0 Å². The zero-order valence-corrected chi connectivity index (χ0v) is 17.9. The summed E-state index contributed by atoms with van der Waals surface area (Å²) >= 11 is 6.31. The molecule has 4 aromatic carbocycles. The van der Waals surface area contributed by atoms with Crippen LogP contribution in [0.4, 0.5) is 0 Å². The molecule has 4 heteroatoms. The molecule has 0 atom stereocenters. The number of fused-ring (bicyclic) bond motifs is 7. The monoisotopic (exact) mass is 425 g/mol. The van der Waals surface area contributed by atoms with E-state index in [1.807, 2.05) is 48.5 Å². The van der Waals surface area contributed by atoms with Gasteiger partial charge in [-0.3, -0.25) is 0 Å². The van der Waals surface area contributed by atoms with Gasteiger partial charge in [-0.15, -0.1) is 0 Å². The summed E-state index contributed by atoms with van der Waals surface area (Å²) in [5.74, 6) is 0. The van der Waals surface area contributed by atoms with Gasteiger partial charge < -0.3 is 14.1 Å². The Morgan fingerprint density at radius 3 is 2.35 bits per heavy atom. The first-order chi connectivity index (χ1) is 14.9. The molecule has 2 heterocycles. The van der Waals surface area contributed by atoms with Crippen LogP contribution in [0.2, 0.25) is 5.02 Å². The molecule has 0 saturated heterocycles. The quantitative estimate of drug-likeness (QED) is 0.310. The van der Waals surface area contributed by atoms with Crippen LogP contribution in [0, 0.1) is 0 Å². The molecule has 31 heavy (non-hydrogen) atoms. The number of rotatable bonds is 2. The Bertz CT molecular complexity index is 1630. The van der Waals surface area contributed by atoms with E-state index in [1.165, 1.54) is 0 Å². The Labute approximate surface area is 184 Å². The van der Waals surface area contributed by atoms with Crippen molar-refractivity contribution in [3.8, 4) is 5.69 Å². The largest absolute Gasteiger partial charge is 0.455 e. The van der Waals surface area contributed by atoms with Gasteiger partial charge in [0.15, 0.2) is 0 Å². The summed E-state index contributed by atoms with van der Waals surface area (Å²) in [6.07, 6.45) is 0. The molecule has 1 N–H and O–H groups in total. The fourth-order valence-corrected chi connectivity index (χ4v) is 4.86. The van der Waals surface area contributed by atoms with Gasteiger partial charge in [0, 0.05) is 26.7 Å². The predicted molar refractivity (Wildman–Crippen MR) is 128 cm³/mol. The van der Waals surface area contributed by atoms with Crippen molar-refractivity contribution in [2.45, 2.75) is 19.4 Å². The number of aliphatic hydroxyl groups is 1.